The summed E-state index contributed by atoms with van der Waals surface area (Å²) in [6.45, 7) is 8.28. The number of amides is 2. The fourth-order valence-corrected chi connectivity index (χ4v) is 1.80. The number of hydrogen-bond donors (Lipinski definition) is 2. The number of aryl methyl sites for hydroxylation is 1. The van der Waals surface area contributed by atoms with Crippen molar-refractivity contribution in [3.05, 3.63) is 23.8 Å². The first-order chi connectivity index (χ1) is 9.42. The molecule has 2 amide bonds. The second-order valence-corrected chi connectivity index (χ2v) is 5.10. The van der Waals surface area contributed by atoms with Crippen molar-refractivity contribution < 1.29 is 14.3 Å². The fraction of sp³-hybridized carbons (Fsp3) is 0.533. The van der Waals surface area contributed by atoms with Gasteiger partial charge in [-0.15, -0.1) is 0 Å². The summed E-state index contributed by atoms with van der Waals surface area (Å²) in [7, 11) is 1.60. The zero-order chi connectivity index (χ0) is 15.1. The molecule has 0 heterocycles. The molecule has 0 bridgehead atoms. The Kier molecular flexibility index (Phi) is 6.31. The first-order valence-corrected chi connectivity index (χ1v) is 6.76. The molecular weight excluding hydrogens is 256 g/mol. The summed E-state index contributed by atoms with van der Waals surface area (Å²) in [5.74, 6) is 0.832. The van der Waals surface area contributed by atoms with Crippen molar-refractivity contribution in [3.8, 4) is 5.75 Å². The molecule has 1 atom stereocenters. The molecule has 1 rings (SSSR count). The lowest BCUT2D eigenvalue weighted by Crippen LogP contribution is -2.38. The van der Waals surface area contributed by atoms with Crippen molar-refractivity contribution >= 4 is 11.7 Å². The average Bonchev–Trinajstić information content (AvgIpc) is 2.32. The third kappa shape index (κ3) is 5.48. The smallest absolute Gasteiger partial charge is 0.319 e. The van der Waals surface area contributed by atoms with Crippen molar-refractivity contribution in [2.45, 2.75) is 39.8 Å². The molecule has 0 spiro atoms. The Morgan fingerprint density at radius 1 is 1.30 bits per heavy atom. The molecule has 0 aliphatic heterocycles. The van der Waals surface area contributed by atoms with Crippen molar-refractivity contribution in [2.75, 3.05) is 19.0 Å². The molecule has 0 aliphatic carbocycles. The third-order valence-electron chi connectivity index (χ3n) is 2.59. The van der Waals surface area contributed by atoms with Gasteiger partial charge in [-0.3, -0.25) is 0 Å². The zero-order valence-corrected chi connectivity index (χ0v) is 12.8. The van der Waals surface area contributed by atoms with Crippen LogP contribution in [0.25, 0.3) is 0 Å². The molecule has 0 radical (unpaired) electrons. The lowest BCUT2D eigenvalue weighted by molar-refractivity contribution is 0.173. The predicted molar refractivity (Wildman–Crippen MR) is 80.4 cm³/mol. The number of methoxy groups -OCH3 is 1. The number of nitrogens with one attached hydrogen (secondary N) is 2. The largest absolute Gasteiger partial charge is 0.491 e. The first kappa shape index (κ1) is 16.3. The van der Waals surface area contributed by atoms with Crippen LogP contribution < -0.4 is 15.4 Å². The zero-order valence-electron chi connectivity index (χ0n) is 12.8. The second kappa shape index (κ2) is 7.75. The number of ether oxygens (including phenoxy) is 2. The van der Waals surface area contributed by atoms with Gasteiger partial charge in [0, 0.05) is 12.8 Å². The van der Waals surface area contributed by atoms with Crippen LogP contribution in [0.1, 0.15) is 26.3 Å². The van der Waals surface area contributed by atoms with E-state index in [4.69, 9.17) is 9.47 Å². The Morgan fingerprint density at radius 2 is 2.00 bits per heavy atom. The summed E-state index contributed by atoms with van der Waals surface area (Å²) in [4.78, 5) is 11.8. The molecule has 2 N–H and O–H groups in total. The van der Waals surface area contributed by atoms with Crippen LogP contribution in [0.4, 0.5) is 10.5 Å². The molecule has 112 valence electrons. The molecule has 0 saturated carbocycles. The van der Waals surface area contributed by atoms with E-state index in [0.29, 0.717) is 6.61 Å². The second-order valence-electron chi connectivity index (χ2n) is 5.10. The summed E-state index contributed by atoms with van der Waals surface area (Å²) in [5.41, 5.74) is 1.72. The van der Waals surface area contributed by atoms with Crippen molar-refractivity contribution in [3.63, 3.8) is 0 Å². The van der Waals surface area contributed by atoms with Crippen molar-refractivity contribution in [2.24, 2.45) is 0 Å². The van der Waals surface area contributed by atoms with Gasteiger partial charge in [0.05, 0.1) is 18.8 Å². The van der Waals surface area contributed by atoms with Crippen LogP contribution in [-0.4, -0.2) is 31.9 Å². The van der Waals surface area contributed by atoms with Gasteiger partial charge in [-0.1, -0.05) is 0 Å². The van der Waals surface area contributed by atoms with Gasteiger partial charge in [0.25, 0.3) is 0 Å². The molecule has 0 fully saturated rings. The maximum atomic E-state index is 11.8. The van der Waals surface area contributed by atoms with Crippen LogP contribution in [0.3, 0.4) is 0 Å². The number of rotatable bonds is 6. The number of anilines is 1. The standard InChI is InChI=1S/C15H24N2O3/c1-10(2)20-14-7-6-13(8-11(14)3)17-15(18)16-12(4)9-19-5/h6-8,10,12H,9H2,1-5H3,(H2,16,17,18)/t12-/m1/s1. The number of benzene rings is 1. The highest BCUT2D eigenvalue weighted by Gasteiger charge is 2.08. The molecule has 1 aromatic rings. The molecule has 0 aliphatic rings. The number of hydrogen-bond acceptors (Lipinski definition) is 3. The van der Waals surface area contributed by atoms with E-state index in [1.807, 2.05) is 45.9 Å². The van der Waals surface area contributed by atoms with Crippen molar-refractivity contribution in [1.82, 2.24) is 5.32 Å². The SMILES string of the molecule is COC[C@@H](C)NC(=O)Nc1ccc(OC(C)C)c(C)c1. The van der Waals surface area contributed by atoms with Gasteiger partial charge in [0.2, 0.25) is 0 Å². The first-order valence-electron chi connectivity index (χ1n) is 6.76. The maximum absolute atomic E-state index is 11.8. The summed E-state index contributed by atoms with van der Waals surface area (Å²) >= 11 is 0. The Hall–Kier alpha value is -1.75. The summed E-state index contributed by atoms with van der Waals surface area (Å²) in [6.07, 6.45) is 0.130. The number of carbonyl (C=O) groups excluding carboxylic acids is 1. The Morgan fingerprint density at radius 3 is 2.55 bits per heavy atom. The summed E-state index contributed by atoms with van der Waals surface area (Å²) in [6, 6.07) is 5.30. The highest BCUT2D eigenvalue weighted by Crippen LogP contribution is 2.22. The van der Waals surface area contributed by atoms with Crippen LogP contribution in [0.15, 0.2) is 18.2 Å². The molecule has 0 saturated heterocycles. The quantitative estimate of drug-likeness (QED) is 0.842. The highest BCUT2D eigenvalue weighted by molar-refractivity contribution is 5.89. The molecular formula is C15H24N2O3. The third-order valence-corrected chi connectivity index (χ3v) is 2.59. The van der Waals surface area contributed by atoms with Gasteiger partial charge in [-0.25, -0.2) is 4.79 Å². The predicted octanol–water partition coefficient (Wildman–Crippen LogP) is 2.94. The summed E-state index contributed by atoms with van der Waals surface area (Å²) in [5, 5.41) is 5.58. The van der Waals surface area contributed by atoms with E-state index in [2.05, 4.69) is 10.6 Å². The van der Waals surface area contributed by atoms with Gasteiger partial charge in [-0.05, 0) is 51.5 Å². The van der Waals surface area contributed by atoms with Gasteiger partial charge in [-0.2, -0.15) is 0 Å². The van der Waals surface area contributed by atoms with E-state index >= 15 is 0 Å². The minimum Gasteiger partial charge on any atom is -0.491 e. The van der Waals surface area contributed by atoms with Gasteiger partial charge >= 0.3 is 6.03 Å². The van der Waals surface area contributed by atoms with Crippen LogP contribution >= 0.6 is 0 Å². The summed E-state index contributed by atoms with van der Waals surface area (Å²) < 4.78 is 10.6. The van der Waals surface area contributed by atoms with Crippen LogP contribution in [0.5, 0.6) is 5.75 Å². The lowest BCUT2D eigenvalue weighted by atomic mass is 10.2. The van der Waals surface area contributed by atoms with E-state index in [1.165, 1.54) is 0 Å². The van der Waals surface area contributed by atoms with Gasteiger partial charge in [0.1, 0.15) is 5.75 Å². The normalized spacial score (nSPS) is 12.1. The van der Waals surface area contributed by atoms with Gasteiger partial charge in [0.15, 0.2) is 0 Å². The Bertz CT molecular complexity index is 447. The molecule has 5 heteroatoms. The minimum absolute atomic E-state index is 0.0374. The molecule has 20 heavy (non-hydrogen) atoms. The van der Waals surface area contributed by atoms with Crippen molar-refractivity contribution in [1.29, 1.82) is 0 Å². The van der Waals surface area contributed by atoms with Crippen LogP contribution in [0.2, 0.25) is 0 Å². The van der Waals surface area contributed by atoms with E-state index in [-0.39, 0.29) is 18.2 Å². The molecule has 0 aromatic heterocycles. The van der Waals surface area contributed by atoms with Gasteiger partial charge < -0.3 is 20.1 Å². The topological polar surface area (TPSA) is 59.6 Å². The Labute approximate surface area is 120 Å². The van der Waals surface area contributed by atoms with E-state index in [0.717, 1.165) is 17.0 Å². The molecule has 5 nitrogen and oxygen atoms in total. The van der Waals surface area contributed by atoms with E-state index in [1.54, 1.807) is 7.11 Å². The fourth-order valence-electron chi connectivity index (χ4n) is 1.80. The average molecular weight is 280 g/mol. The van der Waals surface area contributed by atoms with Crippen LogP contribution in [-0.2, 0) is 4.74 Å². The molecule has 0 unspecified atom stereocenters. The maximum Gasteiger partial charge on any atom is 0.319 e. The molecule has 1 aromatic carbocycles. The van der Waals surface area contributed by atoms with E-state index < -0.39 is 0 Å². The van der Waals surface area contributed by atoms with E-state index in [9.17, 15) is 4.79 Å². The highest BCUT2D eigenvalue weighted by atomic mass is 16.5. The van der Waals surface area contributed by atoms with Crippen LogP contribution in [0, 0.1) is 6.92 Å². The minimum atomic E-state index is -0.244. The lowest BCUT2D eigenvalue weighted by Gasteiger charge is -2.15. The number of carbonyl (C=O) groups is 1. The Balaban J connectivity index is 2.60. The number of urea groups is 1. The monoisotopic (exact) mass is 280 g/mol.